The molecule has 40 heavy (non-hydrogen) atoms. The number of anilines is 2. The standard InChI is InChI=1S/C31H29N3O4S2/c1-5-27(29(35)34-31-23(17-32)24(18-39-31)20-14-12-19(2)13-15-20)40-22-9-6-8-21(16-22)33-30(36)28-25(37-3)10-7-11-26(28)38-4/h6-16,18,27H,5H2,1-4H3,(H,33,36)(H,34,35). The first kappa shape index (κ1) is 28.7. The lowest BCUT2D eigenvalue weighted by Gasteiger charge is -2.16. The SMILES string of the molecule is CCC(Sc1cccc(NC(=O)c2c(OC)cccc2OC)c1)C(=O)Nc1scc(-c2ccc(C)cc2)c1C#N. The summed E-state index contributed by atoms with van der Waals surface area (Å²) in [6, 6.07) is 22.7. The van der Waals surface area contributed by atoms with Gasteiger partial charge in [-0.15, -0.1) is 23.1 Å². The maximum absolute atomic E-state index is 13.3. The molecule has 0 fully saturated rings. The van der Waals surface area contributed by atoms with E-state index in [9.17, 15) is 14.9 Å². The van der Waals surface area contributed by atoms with Crippen LogP contribution in [0.15, 0.2) is 77.0 Å². The third-order valence-electron chi connectivity index (χ3n) is 6.19. The first-order valence-corrected chi connectivity index (χ1v) is 14.3. The first-order chi connectivity index (χ1) is 19.4. The van der Waals surface area contributed by atoms with Crippen molar-refractivity contribution in [3.8, 4) is 28.7 Å². The van der Waals surface area contributed by atoms with Gasteiger partial charge in [0.05, 0.1) is 25.0 Å². The third kappa shape index (κ3) is 6.47. The summed E-state index contributed by atoms with van der Waals surface area (Å²) in [5, 5.41) is 17.7. The highest BCUT2D eigenvalue weighted by atomic mass is 32.2. The normalized spacial score (nSPS) is 11.3. The van der Waals surface area contributed by atoms with Gasteiger partial charge in [-0.25, -0.2) is 0 Å². The number of nitrogens with one attached hydrogen (secondary N) is 2. The van der Waals surface area contributed by atoms with E-state index in [2.05, 4.69) is 16.7 Å². The predicted molar refractivity (Wildman–Crippen MR) is 162 cm³/mol. The van der Waals surface area contributed by atoms with Crippen LogP contribution in [0.4, 0.5) is 10.7 Å². The number of rotatable bonds is 10. The van der Waals surface area contributed by atoms with Crippen molar-refractivity contribution < 1.29 is 19.1 Å². The Hall–Kier alpha value is -4.26. The summed E-state index contributed by atoms with van der Waals surface area (Å²) in [6.07, 6.45) is 0.573. The highest BCUT2D eigenvalue weighted by molar-refractivity contribution is 8.00. The van der Waals surface area contributed by atoms with Crippen LogP contribution in [0.1, 0.15) is 34.8 Å². The van der Waals surface area contributed by atoms with Gasteiger partial charge >= 0.3 is 0 Å². The topological polar surface area (TPSA) is 100 Å². The zero-order valence-corrected chi connectivity index (χ0v) is 24.2. The molecule has 1 atom stereocenters. The summed E-state index contributed by atoms with van der Waals surface area (Å²) in [4.78, 5) is 27.2. The molecule has 1 heterocycles. The van der Waals surface area contributed by atoms with Crippen molar-refractivity contribution in [3.05, 3.63) is 88.8 Å². The number of nitrogens with zero attached hydrogens (tertiary/aromatic N) is 1. The van der Waals surface area contributed by atoms with E-state index in [0.717, 1.165) is 21.6 Å². The number of nitriles is 1. The van der Waals surface area contributed by atoms with Gasteiger partial charge in [0.25, 0.3) is 5.91 Å². The summed E-state index contributed by atoms with van der Waals surface area (Å²) < 4.78 is 10.7. The number of thioether (sulfide) groups is 1. The lowest BCUT2D eigenvalue weighted by atomic mass is 10.0. The summed E-state index contributed by atoms with van der Waals surface area (Å²) >= 11 is 2.74. The quantitative estimate of drug-likeness (QED) is 0.193. The maximum Gasteiger partial charge on any atom is 0.263 e. The van der Waals surface area contributed by atoms with E-state index in [1.54, 1.807) is 24.3 Å². The zero-order valence-electron chi connectivity index (χ0n) is 22.6. The molecule has 0 aliphatic heterocycles. The van der Waals surface area contributed by atoms with E-state index in [-0.39, 0.29) is 11.8 Å². The molecule has 9 heteroatoms. The Balaban J connectivity index is 1.48. The predicted octanol–water partition coefficient (Wildman–Crippen LogP) is 7.37. The van der Waals surface area contributed by atoms with Crippen LogP contribution in [0.2, 0.25) is 0 Å². The number of methoxy groups -OCH3 is 2. The van der Waals surface area contributed by atoms with Crippen molar-refractivity contribution in [2.45, 2.75) is 30.4 Å². The number of carbonyl (C=O) groups excluding carboxylic acids is 2. The monoisotopic (exact) mass is 571 g/mol. The van der Waals surface area contributed by atoms with Gasteiger partial charge in [-0.05, 0) is 49.2 Å². The van der Waals surface area contributed by atoms with Gasteiger partial charge < -0.3 is 20.1 Å². The average molecular weight is 572 g/mol. The molecule has 4 aromatic rings. The Bertz CT molecular complexity index is 1540. The van der Waals surface area contributed by atoms with Gasteiger partial charge in [0.2, 0.25) is 5.91 Å². The number of thiophene rings is 1. The number of benzene rings is 3. The van der Waals surface area contributed by atoms with E-state index >= 15 is 0 Å². The van der Waals surface area contributed by atoms with Crippen LogP contribution in [0, 0.1) is 18.3 Å². The minimum Gasteiger partial charge on any atom is -0.496 e. The molecule has 0 spiro atoms. The molecule has 0 saturated carbocycles. The average Bonchev–Trinajstić information content (AvgIpc) is 3.38. The van der Waals surface area contributed by atoms with Crippen LogP contribution in [-0.2, 0) is 4.79 Å². The number of carbonyl (C=O) groups is 2. The second kappa shape index (κ2) is 13.2. The minimum atomic E-state index is -0.406. The molecule has 0 saturated heterocycles. The molecule has 1 aromatic heterocycles. The van der Waals surface area contributed by atoms with Crippen molar-refractivity contribution in [1.29, 1.82) is 5.26 Å². The Morgan fingerprint density at radius 1 is 1.00 bits per heavy atom. The second-order valence-electron chi connectivity index (χ2n) is 8.85. The molecule has 1 unspecified atom stereocenters. The van der Waals surface area contributed by atoms with E-state index in [1.807, 2.05) is 61.7 Å². The fourth-order valence-electron chi connectivity index (χ4n) is 4.10. The molecule has 0 radical (unpaired) electrons. The van der Waals surface area contributed by atoms with Crippen LogP contribution in [0.3, 0.4) is 0 Å². The number of aryl methyl sites for hydroxylation is 1. The Morgan fingerprint density at radius 2 is 1.68 bits per heavy atom. The van der Waals surface area contributed by atoms with Gasteiger partial charge in [-0.3, -0.25) is 9.59 Å². The molecule has 204 valence electrons. The maximum atomic E-state index is 13.3. The van der Waals surface area contributed by atoms with Crippen LogP contribution < -0.4 is 20.1 Å². The van der Waals surface area contributed by atoms with Crippen molar-refractivity contribution >= 4 is 45.6 Å². The fraction of sp³-hybridized carbons (Fsp3) is 0.194. The van der Waals surface area contributed by atoms with Gasteiger partial charge in [-0.1, -0.05) is 48.9 Å². The zero-order chi connectivity index (χ0) is 28.6. The smallest absolute Gasteiger partial charge is 0.263 e. The van der Waals surface area contributed by atoms with Crippen LogP contribution in [-0.4, -0.2) is 31.3 Å². The van der Waals surface area contributed by atoms with E-state index in [1.165, 1.54) is 37.3 Å². The van der Waals surface area contributed by atoms with E-state index in [4.69, 9.17) is 9.47 Å². The molecular weight excluding hydrogens is 542 g/mol. The van der Waals surface area contributed by atoms with Crippen molar-refractivity contribution in [2.24, 2.45) is 0 Å². The van der Waals surface area contributed by atoms with Crippen LogP contribution >= 0.6 is 23.1 Å². The number of amides is 2. The van der Waals surface area contributed by atoms with Crippen LogP contribution in [0.25, 0.3) is 11.1 Å². The van der Waals surface area contributed by atoms with Crippen molar-refractivity contribution in [2.75, 3.05) is 24.9 Å². The highest BCUT2D eigenvalue weighted by Crippen LogP contribution is 2.36. The molecule has 3 aromatic carbocycles. The molecule has 0 bridgehead atoms. The Labute approximate surface area is 242 Å². The molecule has 2 amide bonds. The van der Waals surface area contributed by atoms with E-state index < -0.39 is 5.25 Å². The summed E-state index contributed by atoms with van der Waals surface area (Å²) in [7, 11) is 3.00. The largest absolute Gasteiger partial charge is 0.496 e. The molecule has 7 nitrogen and oxygen atoms in total. The lowest BCUT2D eigenvalue weighted by Crippen LogP contribution is -2.24. The second-order valence-corrected chi connectivity index (χ2v) is 11.0. The summed E-state index contributed by atoms with van der Waals surface area (Å²) in [5.41, 5.74) is 4.20. The molecule has 0 aliphatic rings. The number of ether oxygens (including phenoxy) is 2. The summed E-state index contributed by atoms with van der Waals surface area (Å²) in [5.74, 6) is 0.253. The summed E-state index contributed by atoms with van der Waals surface area (Å²) in [6.45, 7) is 3.95. The fourth-order valence-corrected chi connectivity index (χ4v) is 6.04. The van der Waals surface area contributed by atoms with Gasteiger partial charge in [0.15, 0.2) is 0 Å². The Morgan fingerprint density at radius 3 is 2.30 bits per heavy atom. The van der Waals surface area contributed by atoms with Crippen molar-refractivity contribution in [1.82, 2.24) is 0 Å². The van der Waals surface area contributed by atoms with Gasteiger partial charge in [0.1, 0.15) is 28.1 Å². The molecule has 2 N–H and O–H groups in total. The molecule has 4 rings (SSSR count). The van der Waals surface area contributed by atoms with E-state index in [0.29, 0.717) is 39.7 Å². The number of hydrogen-bond donors (Lipinski definition) is 2. The third-order valence-corrected chi connectivity index (χ3v) is 8.44. The minimum absolute atomic E-state index is 0.186. The van der Waals surface area contributed by atoms with Gasteiger partial charge in [-0.2, -0.15) is 5.26 Å². The van der Waals surface area contributed by atoms with Crippen LogP contribution in [0.5, 0.6) is 11.5 Å². The Kier molecular flexibility index (Phi) is 9.48. The van der Waals surface area contributed by atoms with Gasteiger partial charge in [0, 0.05) is 21.5 Å². The molecule has 0 aliphatic carbocycles. The highest BCUT2D eigenvalue weighted by Gasteiger charge is 2.23. The number of hydrogen-bond acceptors (Lipinski definition) is 7. The molecular formula is C31H29N3O4S2. The van der Waals surface area contributed by atoms with Crippen molar-refractivity contribution in [3.63, 3.8) is 0 Å². The first-order valence-electron chi connectivity index (χ1n) is 12.6. The lowest BCUT2D eigenvalue weighted by molar-refractivity contribution is -0.115.